The standard InChI is InChI=1S/C21H25N3O4S/c1-24(13-21(26)23-16-7-3-6-10-19(16)29-2)12-20(25)22-11-15-14-27-17-8-4-5-9-18(17)28-15/h3-10,15H,11-14H2,1-2H3,(H,22,25)(H,23,26)/t15-/m0/s1. The third kappa shape index (κ3) is 6.13. The van der Waals surface area contributed by atoms with Crippen LogP contribution in [0.2, 0.25) is 0 Å². The molecule has 0 spiro atoms. The van der Waals surface area contributed by atoms with Gasteiger partial charge < -0.3 is 20.1 Å². The summed E-state index contributed by atoms with van der Waals surface area (Å²) in [6.07, 6.45) is 1.71. The van der Waals surface area contributed by atoms with Crippen LogP contribution in [-0.2, 0) is 9.59 Å². The molecule has 0 radical (unpaired) electrons. The average Bonchev–Trinajstić information content (AvgIpc) is 2.72. The van der Waals surface area contributed by atoms with Gasteiger partial charge in [-0.05, 0) is 37.6 Å². The molecule has 2 aromatic rings. The molecule has 2 amide bonds. The highest BCUT2D eigenvalue weighted by atomic mass is 32.2. The first kappa shape index (κ1) is 21.0. The van der Waals surface area contributed by atoms with Crippen LogP contribution >= 0.6 is 11.8 Å². The van der Waals surface area contributed by atoms with Gasteiger partial charge in [0.2, 0.25) is 11.8 Å². The van der Waals surface area contributed by atoms with E-state index in [0.29, 0.717) is 24.7 Å². The monoisotopic (exact) mass is 415 g/mol. The fourth-order valence-corrected chi connectivity index (χ4v) is 3.48. The Morgan fingerprint density at radius 2 is 1.76 bits per heavy atom. The summed E-state index contributed by atoms with van der Waals surface area (Å²) >= 11 is 1.57. The van der Waals surface area contributed by atoms with Crippen molar-refractivity contribution < 1.29 is 19.1 Å². The fourth-order valence-electron chi connectivity index (χ4n) is 2.93. The molecular weight excluding hydrogens is 390 g/mol. The van der Waals surface area contributed by atoms with Crippen LogP contribution in [-0.4, -0.2) is 62.4 Å². The molecule has 1 aliphatic rings. The Balaban J connectivity index is 1.39. The number of fused-ring (bicyclic) bond motifs is 1. The van der Waals surface area contributed by atoms with Crippen LogP contribution in [0, 0.1) is 0 Å². The normalized spacial score (nSPS) is 15.1. The van der Waals surface area contributed by atoms with E-state index in [1.807, 2.05) is 54.8 Å². The summed E-state index contributed by atoms with van der Waals surface area (Å²) in [5.41, 5.74) is 0.776. The van der Waals surface area contributed by atoms with Crippen LogP contribution in [0.3, 0.4) is 0 Å². The second-order valence-corrected chi connectivity index (χ2v) is 7.57. The predicted octanol–water partition coefficient (Wildman–Crippen LogP) is 2.23. The lowest BCUT2D eigenvalue weighted by atomic mass is 10.2. The molecule has 1 heterocycles. The van der Waals surface area contributed by atoms with E-state index in [0.717, 1.165) is 10.6 Å². The number of thioether (sulfide) groups is 1. The first-order valence-electron chi connectivity index (χ1n) is 9.31. The van der Waals surface area contributed by atoms with Gasteiger partial charge in [0.05, 0.1) is 25.3 Å². The number of nitrogens with zero attached hydrogens (tertiary/aromatic N) is 1. The van der Waals surface area contributed by atoms with Crippen LogP contribution in [0.15, 0.2) is 53.4 Å². The van der Waals surface area contributed by atoms with Gasteiger partial charge >= 0.3 is 0 Å². The molecule has 2 N–H and O–H groups in total. The van der Waals surface area contributed by atoms with E-state index in [9.17, 15) is 9.59 Å². The van der Waals surface area contributed by atoms with Crippen molar-refractivity contribution in [3.63, 3.8) is 0 Å². The number of hydrogen-bond donors (Lipinski definition) is 2. The molecule has 1 aliphatic heterocycles. The average molecular weight is 416 g/mol. The molecule has 1 atom stereocenters. The number of rotatable bonds is 8. The second-order valence-electron chi connectivity index (χ2n) is 6.72. The number of benzene rings is 2. The molecule has 0 saturated heterocycles. The maximum atomic E-state index is 12.3. The highest BCUT2D eigenvalue weighted by Crippen LogP contribution is 2.30. The molecule has 0 unspecified atom stereocenters. The van der Waals surface area contributed by atoms with Gasteiger partial charge in [0.1, 0.15) is 12.7 Å². The van der Waals surface area contributed by atoms with E-state index in [1.165, 1.54) is 0 Å². The summed E-state index contributed by atoms with van der Waals surface area (Å²) in [5.74, 6) is 1.05. The van der Waals surface area contributed by atoms with E-state index in [4.69, 9.17) is 9.47 Å². The Kier molecular flexibility index (Phi) is 7.37. The zero-order valence-corrected chi connectivity index (χ0v) is 17.3. The van der Waals surface area contributed by atoms with Crippen LogP contribution in [0.4, 0.5) is 5.69 Å². The van der Waals surface area contributed by atoms with Crippen molar-refractivity contribution >= 4 is 29.3 Å². The van der Waals surface area contributed by atoms with Gasteiger partial charge in [0.15, 0.2) is 11.5 Å². The first-order valence-corrected chi connectivity index (χ1v) is 10.5. The van der Waals surface area contributed by atoms with Gasteiger partial charge in [-0.3, -0.25) is 14.5 Å². The minimum Gasteiger partial charge on any atom is -0.486 e. The largest absolute Gasteiger partial charge is 0.486 e. The van der Waals surface area contributed by atoms with Gasteiger partial charge in [-0.25, -0.2) is 0 Å². The van der Waals surface area contributed by atoms with Crippen molar-refractivity contribution in [3.8, 4) is 11.5 Å². The van der Waals surface area contributed by atoms with Gasteiger partial charge in [0.25, 0.3) is 0 Å². The third-order valence-corrected chi connectivity index (χ3v) is 5.10. The Hall–Kier alpha value is -2.71. The molecule has 0 fully saturated rings. The van der Waals surface area contributed by atoms with E-state index in [2.05, 4.69) is 10.6 Å². The molecule has 3 rings (SSSR count). The number of amides is 2. The van der Waals surface area contributed by atoms with Crippen molar-refractivity contribution in [1.82, 2.24) is 10.2 Å². The molecule has 8 heteroatoms. The zero-order valence-electron chi connectivity index (χ0n) is 16.5. The number of anilines is 1. The zero-order chi connectivity index (χ0) is 20.6. The minimum absolute atomic E-state index is 0.113. The second kappa shape index (κ2) is 10.2. The predicted molar refractivity (Wildman–Crippen MR) is 114 cm³/mol. The molecule has 154 valence electrons. The molecule has 0 bridgehead atoms. The van der Waals surface area contributed by atoms with Gasteiger partial charge in [-0.1, -0.05) is 24.3 Å². The van der Waals surface area contributed by atoms with Crippen molar-refractivity contribution in [3.05, 3.63) is 48.5 Å². The number of likely N-dealkylation sites (N-methyl/N-ethyl adjacent to an activating group) is 1. The first-order chi connectivity index (χ1) is 14.0. The van der Waals surface area contributed by atoms with Crippen LogP contribution in [0.1, 0.15) is 0 Å². The quantitative estimate of drug-likeness (QED) is 0.644. The third-order valence-electron chi connectivity index (χ3n) is 4.30. The number of hydrogen-bond acceptors (Lipinski definition) is 6. The van der Waals surface area contributed by atoms with E-state index >= 15 is 0 Å². The van der Waals surface area contributed by atoms with Crippen LogP contribution < -0.4 is 20.1 Å². The van der Waals surface area contributed by atoms with Crippen molar-refractivity contribution in [2.24, 2.45) is 0 Å². The van der Waals surface area contributed by atoms with Gasteiger partial charge in [-0.2, -0.15) is 0 Å². The van der Waals surface area contributed by atoms with Gasteiger partial charge in [0, 0.05) is 4.90 Å². The summed E-state index contributed by atoms with van der Waals surface area (Å²) in [7, 11) is 1.73. The SMILES string of the molecule is CSc1ccccc1NC(=O)CN(C)CC(=O)NC[C@H]1COc2ccccc2O1. The molecule has 0 aliphatic carbocycles. The van der Waals surface area contributed by atoms with E-state index in [-0.39, 0.29) is 31.0 Å². The summed E-state index contributed by atoms with van der Waals surface area (Å²) < 4.78 is 11.5. The highest BCUT2D eigenvalue weighted by molar-refractivity contribution is 7.98. The lowest BCUT2D eigenvalue weighted by Crippen LogP contribution is -2.44. The Bertz CT molecular complexity index is 861. The van der Waals surface area contributed by atoms with E-state index < -0.39 is 0 Å². The highest BCUT2D eigenvalue weighted by Gasteiger charge is 2.21. The summed E-state index contributed by atoms with van der Waals surface area (Å²) in [6, 6.07) is 15.1. The summed E-state index contributed by atoms with van der Waals surface area (Å²) in [6.45, 7) is 0.951. The topological polar surface area (TPSA) is 79.9 Å². The van der Waals surface area contributed by atoms with Crippen molar-refractivity contribution in [1.29, 1.82) is 0 Å². The lowest BCUT2D eigenvalue weighted by molar-refractivity contribution is -0.123. The van der Waals surface area contributed by atoms with Crippen LogP contribution in [0.25, 0.3) is 0 Å². The molecule has 29 heavy (non-hydrogen) atoms. The lowest BCUT2D eigenvalue weighted by Gasteiger charge is -2.26. The molecular formula is C21H25N3O4S. The maximum absolute atomic E-state index is 12.3. The Labute approximate surface area is 174 Å². The molecule has 0 saturated carbocycles. The van der Waals surface area contributed by atoms with Crippen LogP contribution in [0.5, 0.6) is 11.5 Å². The van der Waals surface area contributed by atoms with Crippen molar-refractivity contribution in [2.45, 2.75) is 11.0 Å². The number of ether oxygens (including phenoxy) is 2. The summed E-state index contributed by atoms with van der Waals surface area (Å²) in [5, 5.41) is 5.72. The molecule has 7 nitrogen and oxygen atoms in total. The Morgan fingerprint density at radius 3 is 2.55 bits per heavy atom. The number of carbonyl (C=O) groups excluding carboxylic acids is 2. The van der Waals surface area contributed by atoms with E-state index in [1.54, 1.807) is 23.7 Å². The van der Waals surface area contributed by atoms with Crippen molar-refractivity contribution in [2.75, 3.05) is 44.9 Å². The smallest absolute Gasteiger partial charge is 0.238 e. The van der Waals surface area contributed by atoms with Gasteiger partial charge in [-0.15, -0.1) is 11.8 Å². The fraction of sp³-hybridized carbons (Fsp3) is 0.333. The summed E-state index contributed by atoms with van der Waals surface area (Å²) in [4.78, 5) is 27.1. The maximum Gasteiger partial charge on any atom is 0.238 e. The number of nitrogens with one attached hydrogen (secondary N) is 2. The molecule has 2 aromatic carbocycles. The Morgan fingerprint density at radius 1 is 1.07 bits per heavy atom. The molecule has 0 aromatic heterocycles. The minimum atomic E-state index is -0.245. The number of carbonyl (C=O) groups is 2. The number of para-hydroxylation sites is 3.